The fourth-order valence-electron chi connectivity index (χ4n) is 3.11. The molecule has 7 heteroatoms. The maximum Gasteiger partial charge on any atom is 0.242 e. The Hall–Kier alpha value is -1.44. The second-order valence-corrected chi connectivity index (χ2v) is 9.16. The molecule has 0 radical (unpaired) electrons. The van der Waals surface area contributed by atoms with Crippen LogP contribution in [0.1, 0.15) is 25.5 Å². The maximum atomic E-state index is 12.9. The average Bonchev–Trinajstić information content (AvgIpc) is 2.57. The number of rotatable bonds is 7. The molecule has 1 heterocycles. The Labute approximate surface area is 151 Å². The lowest BCUT2D eigenvalue weighted by Gasteiger charge is -2.37. The third-order valence-electron chi connectivity index (χ3n) is 4.60. The average molecular weight is 368 g/mol. The van der Waals surface area contributed by atoms with Crippen molar-refractivity contribution in [3.8, 4) is 0 Å². The number of hydrogen-bond donors (Lipinski definition) is 1. The van der Waals surface area contributed by atoms with Gasteiger partial charge in [0.05, 0.1) is 5.75 Å². The van der Waals surface area contributed by atoms with Crippen LogP contribution in [0.2, 0.25) is 0 Å². The zero-order valence-corrected chi connectivity index (χ0v) is 16.1. The zero-order valence-electron chi connectivity index (χ0n) is 15.3. The number of nitrogens with zero attached hydrogens (tertiary/aromatic N) is 2. The summed E-state index contributed by atoms with van der Waals surface area (Å²) in [5.74, 6) is -0.0673. The molecule has 1 N–H and O–H groups in total. The van der Waals surface area contributed by atoms with Crippen LogP contribution in [0.5, 0.6) is 0 Å². The van der Waals surface area contributed by atoms with Gasteiger partial charge in [-0.25, -0.2) is 8.42 Å². The molecule has 2 atom stereocenters. The SMILES string of the molecule is CCS(=O)(=O)CC(C)NC(=O)C(c1ccccc1)N1CCN(C)CC1. The van der Waals surface area contributed by atoms with Gasteiger partial charge in [0.15, 0.2) is 9.84 Å². The quantitative estimate of drug-likeness (QED) is 0.776. The zero-order chi connectivity index (χ0) is 18.4. The van der Waals surface area contributed by atoms with Crippen LogP contribution in [0, 0.1) is 0 Å². The van der Waals surface area contributed by atoms with Crippen molar-refractivity contribution in [1.29, 1.82) is 0 Å². The summed E-state index contributed by atoms with van der Waals surface area (Å²) in [5.41, 5.74) is 0.940. The molecule has 0 spiro atoms. The van der Waals surface area contributed by atoms with Crippen LogP contribution in [0.25, 0.3) is 0 Å². The van der Waals surface area contributed by atoms with E-state index in [2.05, 4.69) is 22.2 Å². The van der Waals surface area contributed by atoms with Gasteiger partial charge >= 0.3 is 0 Å². The Balaban J connectivity index is 2.13. The second kappa shape index (κ2) is 8.78. The topological polar surface area (TPSA) is 69.7 Å². The molecule has 6 nitrogen and oxygen atoms in total. The fourth-order valence-corrected chi connectivity index (χ4v) is 4.19. The molecule has 0 aromatic heterocycles. The summed E-state index contributed by atoms with van der Waals surface area (Å²) in [4.78, 5) is 17.4. The molecule has 1 aromatic carbocycles. The second-order valence-electron chi connectivity index (χ2n) is 6.76. The molecule has 1 fully saturated rings. The molecule has 1 aliphatic rings. The molecule has 1 aliphatic heterocycles. The van der Waals surface area contributed by atoms with Crippen LogP contribution in [-0.4, -0.2) is 74.9 Å². The number of carbonyl (C=O) groups is 1. The van der Waals surface area contributed by atoms with E-state index in [1.807, 2.05) is 30.3 Å². The predicted octanol–water partition coefficient (Wildman–Crippen LogP) is 0.915. The Morgan fingerprint density at radius 3 is 2.32 bits per heavy atom. The maximum absolute atomic E-state index is 12.9. The van der Waals surface area contributed by atoms with Gasteiger partial charge < -0.3 is 10.2 Å². The number of benzene rings is 1. The van der Waals surface area contributed by atoms with Crippen LogP contribution >= 0.6 is 0 Å². The van der Waals surface area contributed by atoms with Crippen molar-refractivity contribution >= 4 is 15.7 Å². The Morgan fingerprint density at radius 1 is 1.16 bits per heavy atom. The van der Waals surface area contributed by atoms with Crippen molar-refractivity contribution in [2.45, 2.75) is 25.9 Å². The molecule has 140 valence electrons. The summed E-state index contributed by atoms with van der Waals surface area (Å²) in [6.45, 7) is 6.82. The third kappa shape index (κ3) is 5.80. The van der Waals surface area contributed by atoms with Crippen molar-refractivity contribution < 1.29 is 13.2 Å². The smallest absolute Gasteiger partial charge is 0.242 e. The van der Waals surface area contributed by atoms with E-state index < -0.39 is 15.9 Å². The molecule has 25 heavy (non-hydrogen) atoms. The van der Waals surface area contributed by atoms with Crippen LogP contribution in [0.3, 0.4) is 0 Å². The molecule has 2 unspecified atom stereocenters. The van der Waals surface area contributed by atoms with E-state index in [0.29, 0.717) is 0 Å². The van der Waals surface area contributed by atoms with E-state index in [0.717, 1.165) is 31.7 Å². The Bertz CT molecular complexity index is 655. The summed E-state index contributed by atoms with van der Waals surface area (Å²) < 4.78 is 23.6. The molecule has 1 amide bonds. The number of nitrogens with one attached hydrogen (secondary N) is 1. The number of hydrogen-bond acceptors (Lipinski definition) is 5. The van der Waals surface area contributed by atoms with Gasteiger partial charge in [-0.05, 0) is 19.5 Å². The minimum atomic E-state index is -3.12. The summed E-state index contributed by atoms with van der Waals surface area (Å²) in [6, 6.07) is 8.90. The third-order valence-corrected chi connectivity index (χ3v) is 6.49. The van der Waals surface area contributed by atoms with E-state index in [1.54, 1.807) is 13.8 Å². The van der Waals surface area contributed by atoms with E-state index in [9.17, 15) is 13.2 Å². The van der Waals surface area contributed by atoms with Gasteiger partial charge in [0.1, 0.15) is 6.04 Å². The molecule has 1 saturated heterocycles. The van der Waals surface area contributed by atoms with Crippen molar-refractivity contribution in [2.24, 2.45) is 0 Å². The van der Waals surface area contributed by atoms with Crippen LogP contribution in [-0.2, 0) is 14.6 Å². The van der Waals surface area contributed by atoms with Crippen LogP contribution in [0.15, 0.2) is 30.3 Å². The number of sulfone groups is 1. The van der Waals surface area contributed by atoms with Gasteiger partial charge in [-0.3, -0.25) is 9.69 Å². The highest BCUT2D eigenvalue weighted by Gasteiger charge is 2.30. The predicted molar refractivity (Wildman–Crippen MR) is 100 cm³/mol. The molecule has 0 saturated carbocycles. The molecule has 0 bridgehead atoms. The van der Waals surface area contributed by atoms with Crippen molar-refractivity contribution in [2.75, 3.05) is 44.7 Å². The summed E-state index contributed by atoms with van der Waals surface area (Å²) in [7, 11) is -1.05. The number of carbonyl (C=O) groups excluding carboxylic acids is 1. The van der Waals surface area contributed by atoms with Crippen LogP contribution in [0.4, 0.5) is 0 Å². The molecule has 0 aliphatic carbocycles. The minimum absolute atomic E-state index is 0.0283. The lowest BCUT2D eigenvalue weighted by molar-refractivity contribution is -0.127. The van der Waals surface area contributed by atoms with Gasteiger partial charge in [0.2, 0.25) is 5.91 Å². The highest BCUT2D eigenvalue weighted by molar-refractivity contribution is 7.91. The van der Waals surface area contributed by atoms with Gasteiger partial charge in [-0.2, -0.15) is 0 Å². The highest BCUT2D eigenvalue weighted by Crippen LogP contribution is 2.22. The van der Waals surface area contributed by atoms with Gasteiger partial charge in [0.25, 0.3) is 0 Å². The minimum Gasteiger partial charge on any atom is -0.351 e. The Kier molecular flexibility index (Phi) is 6.98. The molecule has 1 aromatic rings. The molecule has 2 rings (SSSR count). The van der Waals surface area contributed by atoms with Gasteiger partial charge in [-0.15, -0.1) is 0 Å². The van der Waals surface area contributed by atoms with Gasteiger partial charge in [0, 0.05) is 38.0 Å². The first-order valence-electron chi connectivity index (χ1n) is 8.80. The van der Waals surface area contributed by atoms with E-state index >= 15 is 0 Å². The standard InChI is InChI=1S/C18H29N3O3S/c1-4-25(23,24)14-15(2)19-18(22)17(16-8-6-5-7-9-16)21-12-10-20(3)11-13-21/h5-9,15,17H,4,10-14H2,1-3H3,(H,19,22). The fraction of sp³-hybridized carbons (Fsp3) is 0.611. The summed E-state index contributed by atoms with van der Waals surface area (Å²) >= 11 is 0. The number of piperazine rings is 1. The largest absolute Gasteiger partial charge is 0.351 e. The molecular weight excluding hydrogens is 338 g/mol. The Morgan fingerprint density at radius 2 is 1.76 bits per heavy atom. The van der Waals surface area contributed by atoms with Crippen molar-refractivity contribution in [3.05, 3.63) is 35.9 Å². The van der Waals surface area contributed by atoms with E-state index in [-0.39, 0.29) is 23.5 Å². The van der Waals surface area contributed by atoms with E-state index in [4.69, 9.17) is 0 Å². The number of amides is 1. The number of likely N-dealkylation sites (N-methyl/N-ethyl adjacent to an activating group) is 1. The van der Waals surface area contributed by atoms with Crippen LogP contribution < -0.4 is 5.32 Å². The lowest BCUT2D eigenvalue weighted by atomic mass is 10.0. The van der Waals surface area contributed by atoms with Crippen molar-refractivity contribution in [1.82, 2.24) is 15.1 Å². The van der Waals surface area contributed by atoms with E-state index in [1.165, 1.54) is 0 Å². The first-order chi connectivity index (χ1) is 11.8. The normalized spacial score (nSPS) is 19.3. The lowest BCUT2D eigenvalue weighted by Crippen LogP contribution is -2.51. The first kappa shape index (κ1) is 19.9. The van der Waals surface area contributed by atoms with Gasteiger partial charge in [-0.1, -0.05) is 37.3 Å². The highest BCUT2D eigenvalue weighted by atomic mass is 32.2. The molecular formula is C18H29N3O3S. The van der Waals surface area contributed by atoms with Crippen molar-refractivity contribution in [3.63, 3.8) is 0 Å². The summed E-state index contributed by atoms with van der Waals surface area (Å²) in [6.07, 6.45) is 0. The monoisotopic (exact) mass is 367 g/mol. The first-order valence-corrected chi connectivity index (χ1v) is 10.6. The summed E-state index contributed by atoms with van der Waals surface area (Å²) in [5, 5.41) is 2.90.